The van der Waals surface area contributed by atoms with Crippen molar-refractivity contribution in [2.24, 2.45) is 0 Å². The number of hydrogen-bond donors (Lipinski definition) is 0. The maximum absolute atomic E-state index is 10.7. The number of rotatable bonds is 2. The van der Waals surface area contributed by atoms with Crippen molar-refractivity contribution in [3.63, 3.8) is 0 Å². The highest BCUT2D eigenvalue weighted by molar-refractivity contribution is 6.67. The molecule has 0 aliphatic heterocycles. The molecule has 2 nitrogen and oxygen atoms in total. The van der Waals surface area contributed by atoms with E-state index in [1.807, 2.05) is 0 Å². The third-order valence-corrected chi connectivity index (χ3v) is 1.66. The Balaban J connectivity index is 3.87. The van der Waals surface area contributed by atoms with E-state index in [1.165, 1.54) is 7.11 Å². The Labute approximate surface area is 84.7 Å². The maximum atomic E-state index is 10.7. The van der Waals surface area contributed by atoms with E-state index in [0.29, 0.717) is 0 Å². The molecule has 0 aromatic rings. The Kier molecular flexibility index (Phi) is 4.87. The molecule has 0 radical (unpaired) electrons. The van der Waals surface area contributed by atoms with Gasteiger partial charge in [0.05, 0.1) is 7.11 Å². The molecule has 0 heterocycles. The van der Waals surface area contributed by atoms with Crippen LogP contribution in [0.4, 0.5) is 0 Å². The summed E-state index contributed by atoms with van der Waals surface area (Å²) in [6.07, 6.45) is -0.0636. The molecule has 1 atom stereocenters. The molecule has 0 saturated heterocycles. The van der Waals surface area contributed by atoms with E-state index in [1.54, 1.807) is 0 Å². The number of carbonyl (C=O) groups excluding carboxylic acids is 1. The van der Waals surface area contributed by atoms with E-state index < -0.39 is 15.1 Å². The topological polar surface area (TPSA) is 26.3 Å². The number of esters is 1. The van der Waals surface area contributed by atoms with E-state index in [0.717, 1.165) is 0 Å². The molecule has 0 aromatic carbocycles. The van der Waals surface area contributed by atoms with Gasteiger partial charge in [-0.3, -0.25) is 4.79 Å². The zero-order valence-corrected chi connectivity index (χ0v) is 8.64. The predicted octanol–water partition coefficient (Wildman–Crippen LogP) is 2.53. The van der Waals surface area contributed by atoms with Gasteiger partial charge in [-0.15, -0.1) is 11.6 Å². The molecule has 0 spiro atoms. The summed E-state index contributed by atoms with van der Waals surface area (Å²) >= 11 is 21.6. The molecule has 0 amide bonds. The zero-order valence-electron chi connectivity index (χ0n) is 5.61. The molecule has 1 unspecified atom stereocenters. The van der Waals surface area contributed by atoms with Crippen LogP contribution in [0.15, 0.2) is 0 Å². The number of methoxy groups -OCH3 is 1. The highest BCUT2D eigenvalue weighted by Crippen LogP contribution is 2.33. The van der Waals surface area contributed by atoms with Crippen molar-refractivity contribution in [1.29, 1.82) is 0 Å². The van der Waals surface area contributed by atoms with E-state index in [4.69, 9.17) is 46.4 Å². The van der Waals surface area contributed by atoms with Gasteiger partial charge in [0.1, 0.15) is 5.38 Å². The third kappa shape index (κ3) is 5.85. The number of carbonyl (C=O) groups is 1. The lowest BCUT2D eigenvalue weighted by molar-refractivity contribution is -0.140. The van der Waals surface area contributed by atoms with Crippen molar-refractivity contribution in [3.05, 3.63) is 0 Å². The smallest absolute Gasteiger partial charge is 0.323 e. The van der Waals surface area contributed by atoms with Crippen LogP contribution in [0.1, 0.15) is 6.42 Å². The fourth-order valence-electron chi connectivity index (χ4n) is 0.414. The van der Waals surface area contributed by atoms with Crippen LogP contribution in [0.25, 0.3) is 0 Å². The van der Waals surface area contributed by atoms with Crippen LogP contribution in [0.2, 0.25) is 0 Å². The second kappa shape index (κ2) is 4.61. The highest BCUT2D eigenvalue weighted by Gasteiger charge is 2.28. The van der Waals surface area contributed by atoms with Gasteiger partial charge in [-0.1, -0.05) is 34.8 Å². The van der Waals surface area contributed by atoms with E-state index in [9.17, 15) is 4.79 Å². The molecule has 11 heavy (non-hydrogen) atoms. The second-order valence-electron chi connectivity index (χ2n) is 1.81. The molecule has 0 bridgehead atoms. The number of halogens is 4. The van der Waals surface area contributed by atoms with E-state index in [2.05, 4.69) is 4.74 Å². The minimum atomic E-state index is -1.51. The molecular weight excluding hydrogens is 234 g/mol. The molecule has 0 aromatic heterocycles. The van der Waals surface area contributed by atoms with Gasteiger partial charge in [0, 0.05) is 6.42 Å². The van der Waals surface area contributed by atoms with Gasteiger partial charge >= 0.3 is 5.97 Å². The highest BCUT2D eigenvalue weighted by atomic mass is 35.6. The van der Waals surface area contributed by atoms with Crippen LogP contribution in [-0.4, -0.2) is 22.2 Å². The standard InChI is InChI=1S/C5H6Cl4O2/c1-11-4(10)3(6)2-5(7,8)9/h3H,2H2,1H3. The average molecular weight is 240 g/mol. The van der Waals surface area contributed by atoms with Crippen LogP contribution in [-0.2, 0) is 9.53 Å². The SMILES string of the molecule is COC(=O)C(Cl)CC(Cl)(Cl)Cl. The monoisotopic (exact) mass is 238 g/mol. The van der Waals surface area contributed by atoms with E-state index >= 15 is 0 Å². The Bertz CT molecular complexity index is 142. The summed E-state index contributed by atoms with van der Waals surface area (Å²) in [7, 11) is 1.22. The van der Waals surface area contributed by atoms with Gasteiger partial charge in [0.2, 0.25) is 0 Å². The first-order valence-electron chi connectivity index (χ1n) is 2.65. The molecule has 0 saturated carbocycles. The van der Waals surface area contributed by atoms with Crippen LogP contribution in [0.3, 0.4) is 0 Å². The van der Waals surface area contributed by atoms with Gasteiger partial charge in [-0.25, -0.2) is 0 Å². The van der Waals surface area contributed by atoms with Gasteiger partial charge in [-0.05, 0) is 0 Å². The average Bonchev–Trinajstić information content (AvgIpc) is 1.82. The van der Waals surface area contributed by atoms with Crippen LogP contribution in [0.5, 0.6) is 0 Å². The first kappa shape index (κ1) is 11.6. The molecule has 0 fully saturated rings. The summed E-state index contributed by atoms with van der Waals surface area (Å²) < 4.78 is 2.80. The molecule has 0 rings (SSSR count). The zero-order chi connectivity index (χ0) is 9.07. The summed E-state index contributed by atoms with van der Waals surface area (Å²) in [4.78, 5) is 10.7. The minimum Gasteiger partial charge on any atom is -0.468 e. The lowest BCUT2D eigenvalue weighted by Gasteiger charge is -2.13. The quantitative estimate of drug-likeness (QED) is 0.547. The Hall–Kier alpha value is 0.630. The van der Waals surface area contributed by atoms with E-state index in [-0.39, 0.29) is 6.42 Å². The van der Waals surface area contributed by atoms with Crippen LogP contribution < -0.4 is 0 Å². The van der Waals surface area contributed by atoms with Crippen molar-refractivity contribution in [2.75, 3.05) is 7.11 Å². The summed E-state index contributed by atoms with van der Waals surface area (Å²) in [6, 6.07) is 0. The molecule has 6 heteroatoms. The van der Waals surface area contributed by atoms with Crippen LogP contribution >= 0.6 is 46.4 Å². The lowest BCUT2D eigenvalue weighted by Crippen LogP contribution is -2.21. The minimum absolute atomic E-state index is 0.0636. The van der Waals surface area contributed by atoms with Crippen molar-refractivity contribution >= 4 is 52.4 Å². The number of ether oxygens (including phenoxy) is 1. The first-order chi connectivity index (χ1) is 4.87. The van der Waals surface area contributed by atoms with Gasteiger partial charge in [0.25, 0.3) is 0 Å². The summed E-state index contributed by atoms with van der Waals surface area (Å²) in [6.45, 7) is 0. The van der Waals surface area contributed by atoms with Gasteiger partial charge in [0.15, 0.2) is 3.79 Å². The Morgan fingerprint density at radius 3 is 2.27 bits per heavy atom. The molecule has 66 valence electrons. The normalized spacial score (nSPS) is 14.3. The van der Waals surface area contributed by atoms with Gasteiger partial charge in [-0.2, -0.15) is 0 Å². The van der Waals surface area contributed by atoms with Crippen molar-refractivity contribution < 1.29 is 9.53 Å². The number of hydrogen-bond acceptors (Lipinski definition) is 2. The molecule has 0 N–H and O–H groups in total. The first-order valence-corrected chi connectivity index (χ1v) is 4.22. The largest absolute Gasteiger partial charge is 0.468 e. The second-order valence-corrected chi connectivity index (χ2v) is 4.85. The summed E-state index contributed by atoms with van der Waals surface area (Å²) in [5.41, 5.74) is 0. The Morgan fingerprint density at radius 2 is 2.00 bits per heavy atom. The fourth-order valence-corrected chi connectivity index (χ4v) is 1.43. The summed E-state index contributed by atoms with van der Waals surface area (Å²) in [5.74, 6) is -0.599. The summed E-state index contributed by atoms with van der Waals surface area (Å²) in [5, 5.41) is -0.910. The number of alkyl halides is 4. The predicted molar refractivity (Wildman–Crippen MR) is 46.6 cm³/mol. The molecular formula is C5H6Cl4O2. The fraction of sp³-hybridized carbons (Fsp3) is 0.800. The van der Waals surface area contributed by atoms with Crippen molar-refractivity contribution in [2.45, 2.75) is 15.6 Å². The van der Waals surface area contributed by atoms with Crippen molar-refractivity contribution in [3.8, 4) is 0 Å². The maximum Gasteiger partial charge on any atom is 0.323 e. The van der Waals surface area contributed by atoms with Gasteiger partial charge < -0.3 is 4.74 Å². The third-order valence-electron chi connectivity index (χ3n) is 0.868. The molecule has 0 aliphatic rings. The molecule has 0 aliphatic carbocycles. The lowest BCUT2D eigenvalue weighted by atomic mass is 10.3. The Morgan fingerprint density at radius 1 is 1.55 bits per heavy atom. The van der Waals surface area contributed by atoms with Crippen LogP contribution in [0, 0.1) is 0 Å². The van der Waals surface area contributed by atoms with Crippen molar-refractivity contribution in [1.82, 2.24) is 0 Å².